The van der Waals surface area contributed by atoms with E-state index >= 15 is 0 Å². The van der Waals surface area contributed by atoms with Crippen molar-refractivity contribution in [2.24, 2.45) is 11.8 Å². The average Bonchev–Trinajstić information content (AvgIpc) is 3.17. The highest BCUT2D eigenvalue weighted by atomic mass is 32.2. The average molecular weight is 440 g/mol. The quantitative estimate of drug-likeness (QED) is 0.653. The van der Waals surface area contributed by atoms with Crippen LogP contribution in [0.15, 0.2) is 18.3 Å². The summed E-state index contributed by atoms with van der Waals surface area (Å²) in [6.45, 7) is -1.08. The topological polar surface area (TPSA) is 117 Å². The molecule has 0 aromatic carbocycles. The molecule has 2 aliphatic rings. The molecule has 2 unspecified atom stereocenters. The van der Waals surface area contributed by atoms with E-state index < -0.39 is 16.7 Å². The molecule has 0 radical (unpaired) electrons. The summed E-state index contributed by atoms with van der Waals surface area (Å²) < 4.78 is 57.5. The Hall–Kier alpha value is -2.40. The fourth-order valence-electron chi connectivity index (χ4n) is 4.34. The minimum atomic E-state index is -3.47. The van der Waals surface area contributed by atoms with Crippen molar-refractivity contribution in [3.05, 3.63) is 29.8 Å². The van der Waals surface area contributed by atoms with Crippen LogP contribution in [0.4, 0.5) is 14.6 Å². The molecule has 0 spiro atoms. The van der Waals surface area contributed by atoms with Crippen molar-refractivity contribution in [1.29, 1.82) is 0 Å². The number of nitrogens with two attached hydrogens (primary N) is 1. The van der Waals surface area contributed by atoms with Crippen molar-refractivity contribution in [2.45, 2.75) is 44.8 Å². The van der Waals surface area contributed by atoms with Crippen LogP contribution in [0, 0.1) is 11.8 Å². The molecule has 30 heavy (non-hydrogen) atoms. The zero-order valence-electron chi connectivity index (χ0n) is 16.5. The van der Waals surface area contributed by atoms with Gasteiger partial charge in [0.1, 0.15) is 5.82 Å². The summed E-state index contributed by atoms with van der Waals surface area (Å²) in [4.78, 5) is 13.1. The predicted molar refractivity (Wildman–Crippen MR) is 104 cm³/mol. The summed E-state index contributed by atoms with van der Waals surface area (Å²) in [6.07, 6.45) is 4.17. The van der Waals surface area contributed by atoms with Gasteiger partial charge in [-0.25, -0.2) is 15.0 Å². The van der Waals surface area contributed by atoms with Crippen molar-refractivity contribution < 1.29 is 26.1 Å². The van der Waals surface area contributed by atoms with E-state index in [1.807, 2.05) is 13.0 Å². The maximum Gasteiger partial charge on any atom is 0.387 e. The molecule has 8 nitrogen and oxygen atoms in total. The third-order valence-electron chi connectivity index (χ3n) is 5.56. The number of nitrogen functional groups attached to an aromatic ring is 1. The number of hydrogen-bond acceptors (Lipinski definition) is 8. The van der Waals surface area contributed by atoms with Crippen molar-refractivity contribution in [2.75, 3.05) is 12.0 Å². The summed E-state index contributed by atoms with van der Waals surface area (Å²) in [5, 5.41) is 0. The number of fused-ring (bicyclic) bond motifs is 1. The van der Waals surface area contributed by atoms with Crippen molar-refractivity contribution in [3.8, 4) is 17.0 Å². The Bertz CT molecular complexity index is 1050. The Kier molecular flexibility index (Phi) is 5.35. The first-order valence-electron chi connectivity index (χ1n) is 9.61. The first-order chi connectivity index (χ1) is 14.1. The van der Waals surface area contributed by atoms with Gasteiger partial charge in [-0.05, 0) is 36.8 Å². The molecule has 2 aromatic heterocycles. The zero-order valence-corrected chi connectivity index (χ0v) is 17.3. The Morgan fingerprint density at radius 1 is 1.23 bits per heavy atom. The number of halogens is 2. The highest BCUT2D eigenvalue weighted by molar-refractivity contribution is 7.86. The molecule has 2 N–H and O–H groups in total. The molecule has 162 valence electrons. The van der Waals surface area contributed by atoms with Crippen LogP contribution in [-0.4, -0.2) is 42.3 Å². The second-order valence-electron chi connectivity index (χ2n) is 7.68. The predicted octanol–water partition coefficient (Wildman–Crippen LogP) is 2.75. The minimum absolute atomic E-state index is 0.127. The number of aromatic nitrogens is 3. The van der Waals surface area contributed by atoms with Crippen molar-refractivity contribution in [3.63, 3.8) is 0 Å². The van der Waals surface area contributed by atoms with Gasteiger partial charge in [-0.15, -0.1) is 0 Å². The molecular weight excluding hydrogens is 418 g/mol. The van der Waals surface area contributed by atoms with E-state index in [9.17, 15) is 17.2 Å². The van der Waals surface area contributed by atoms with Gasteiger partial charge < -0.3 is 10.5 Å². The Balaban J connectivity index is 1.58. The maximum absolute atomic E-state index is 12.6. The lowest BCUT2D eigenvalue weighted by Gasteiger charge is -2.14. The largest absolute Gasteiger partial charge is 0.431 e. The first-order valence-corrected chi connectivity index (χ1v) is 11.4. The van der Waals surface area contributed by atoms with E-state index in [1.165, 1.54) is 12.3 Å². The van der Waals surface area contributed by atoms with Crippen LogP contribution in [0.25, 0.3) is 11.3 Å². The van der Waals surface area contributed by atoms with E-state index in [1.54, 1.807) is 0 Å². The lowest BCUT2D eigenvalue weighted by molar-refractivity contribution is -0.0494. The number of pyridine rings is 1. The summed E-state index contributed by atoms with van der Waals surface area (Å²) >= 11 is 0. The van der Waals surface area contributed by atoms with Crippen LogP contribution in [-0.2, 0) is 20.7 Å². The van der Waals surface area contributed by atoms with Gasteiger partial charge in [-0.1, -0.05) is 6.92 Å². The van der Waals surface area contributed by atoms with Crippen LogP contribution in [0.1, 0.15) is 37.2 Å². The van der Waals surface area contributed by atoms with Crippen LogP contribution in [0.2, 0.25) is 0 Å². The molecule has 2 aromatic rings. The van der Waals surface area contributed by atoms with E-state index in [0.29, 0.717) is 48.2 Å². The molecular formula is C19H22F2N4O4S. The number of rotatable bonds is 7. The monoisotopic (exact) mass is 440 g/mol. The summed E-state index contributed by atoms with van der Waals surface area (Å²) in [5.41, 5.74) is 7.54. The van der Waals surface area contributed by atoms with Gasteiger partial charge in [-0.3, -0.25) is 4.18 Å². The molecule has 2 aliphatic carbocycles. The molecule has 0 bridgehead atoms. The Labute approximate surface area is 173 Å². The molecule has 0 amide bonds. The van der Waals surface area contributed by atoms with Crippen LogP contribution in [0.3, 0.4) is 0 Å². The van der Waals surface area contributed by atoms with Gasteiger partial charge >= 0.3 is 6.61 Å². The lowest BCUT2D eigenvalue weighted by atomic mass is 10.0. The molecule has 4 rings (SSSR count). The fraction of sp³-hybridized carbons (Fsp3) is 0.526. The van der Waals surface area contributed by atoms with Crippen LogP contribution in [0.5, 0.6) is 5.75 Å². The normalized spacial score (nSPS) is 25.4. The number of aryl methyl sites for hydroxylation is 1. The maximum atomic E-state index is 12.6. The summed E-state index contributed by atoms with van der Waals surface area (Å²) in [7, 11) is -3.47. The van der Waals surface area contributed by atoms with Crippen LogP contribution >= 0.6 is 0 Å². The fourth-order valence-corrected chi connectivity index (χ4v) is 4.99. The first kappa shape index (κ1) is 20.9. The lowest BCUT2D eigenvalue weighted by Crippen LogP contribution is -2.17. The van der Waals surface area contributed by atoms with E-state index in [4.69, 9.17) is 9.92 Å². The van der Waals surface area contributed by atoms with Gasteiger partial charge in [0, 0.05) is 29.8 Å². The van der Waals surface area contributed by atoms with Gasteiger partial charge in [-0.2, -0.15) is 17.2 Å². The second-order valence-corrected chi connectivity index (χ2v) is 9.28. The highest BCUT2D eigenvalue weighted by Gasteiger charge is 2.58. The molecule has 0 saturated heterocycles. The van der Waals surface area contributed by atoms with E-state index in [-0.39, 0.29) is 23.6 Å². The van der Waals surface area contributed by atoms with Crippen LogP contribution < -0.4 is 10.5 Å². The standard InChI is InChI=1S/C19H22F2N4O4S/c1-3-16-24-13(9-4-15(28-19(20)21)18(22)23-8-9)7-14(25-16)17-11-5-10(6-12(11)17)29-30(2,26)27/h4,7-8,10-12,17,19H,3,5-6H2,1-2H3,(H2,22,23)/t10?,11-,12+,17?. The molecule has 0 aliphatic heterocycles. The molecule has 2 fully saturated rings. The van der Waals surface area contributed by atoms with Gasteiger partial charge in [0.05, 0.1) is 18.1 Å². The summed E-state index contributed by atoms with van der Waals surface area (Å²) in [5.74, 6) is 1.12. The number of hydrogen-bond donors (Lipinski definition) is 1. The zero-order chi connectivity index (χ0) is 21.6. The third kappa shape index (κ3) is 4.36. The van der Waals surface area contributed by atoms with Gasteiger partial charge in [0.15, 0.2) is 11.6 Å². The van der Waals surface area contributed by atoms with Crippen molar-refractivity contribution >= 4 is 15.9 Å². The molecule has 11 heteroatoms. The van der Waals surface area contributed by atoms with E-state index in [0.717, 1.165) is 11.9 Å². The van der Waals surface area contributed by atoms with Gasteiger partial charge in [0.25, 0.3) is 10.1 Å². The SMILES string of the molecule is CCc1nc(-c2cnc(N)c(OC(F)F)c2)cc(C2[C@H]3CC(OS(C)(=O)=O)C[C@@H]23)n1. The number of nitrogens with zero attached hydrogens (tertiary/aromatic N) is 3. The van der Waals surface area contributed by atoms with E-state index in [2.05, 4.69) is 19.7 Å². The summed E-state index contributed by atoms with van der Waals surface area (Å²) in [6, 6.07) is 3.22. The number of alkyl halides is 2. The second kappa shape index (κ2) is 7.69. The highest BCUT2D eigenvalue weighted by Crippen LogP contribution is 2.63. The molecule has 2 saturated carbocycles. The molecule has 4 atom stereocenters. The van der Waals surface area contributed by atoms with Gasteiger partial charge in [0.2, 0.25) is 0 Å². The third-order valence-corrected chi connectivity index (χ3v) is 6.18. The number of anilines is 1. The number of ether oxygens (including phenoxy) is 1. The minimum Gasteiger partial charge on any atom is -0.431 e. The molecule has 2 heterocycles. The van der Waals surface area contributed by atoms with Crippen molar-refractivity contribution in [1.82, 2.24) is 15.0 Å². The smallest absolute Gasteiger partial charge is 0.387 e. The Morgan fingerprint density at radius 3 is 2.53 bits per heavy atom. The Morgan fingerprint density at radius 2 is 1.93 bits per heavy atom.